The number of carbonyl (C=O) groups excluding carboxylic acids is 2. The largest absolute Gasteiger partial charge is 0.465 e. The Hall–Kier alpha value is -2.84. The molecule has 3 rings (SSSR count). The second-order valence-electron chi connectivity index (χ2n) is 23.0. The summed E-state index contributed by atoms with van der Waals surface area (Å²) in [5, 5.41) is 22.8. The molecule has 0 bridgehead atoms. The molecule has 13 nitrogen and oxygen atoms in total. The van der Waals surface area contributed by atoms with E-state index in [9.17, 15) is 19.8 Å². The zero-order valence-electron chi connectivity index (χ0n) is 50.6. The highest BCUT2D eigenvalue weighted by Gasteiger charge is 2.49. The van der Waals surface area contributed by atoms with Crippen molar-refractivity contribution in [2.45, 2.75) is 304 Å². The number of allylic oxidation sites excluding steroid dienone is 1. The van der Waals surface area contributed by atoms with E-state index in [2.05, 4.69) is 51.0 Å². The molecule has 77 heavy (non-hydrogen) atoms. The Balaban J connectivity index is 1.53. The summed E-state index contributed by atoms with van der Waals surface area (Å²) in [6, 6.07) is -0.219. The first-order chi connectivity index (χ1) is 37.6. The highest BCUT2D eigenvalue weighted by molar-refractivity contribution is 5.73. The highest BCUT2D eigenvalue weighted by atomic mass is 16.6. The maximum atomic E-state index is 13.3. The van der Waals surface area contributed by atoms with Crippen molar-refractivity contribution in [1.29, 1.82) is 0 Å². The monoisotopic (exact) mass is 1080 g/mol. The number of hydrogen-bond donors (Lipinski definition) is 3. The molecule has 0 amide bonds. The summed E-state index contributed by atoms with van der Waals surface area (Å²) in [5.41, 5.74) is 10.5. The fourth-order valence-electron chi connectivity index (χ4n) is 11.4. The number of nitrogens with zero attached hydrogens (tertiary/aromatic N) is 4. The van der Waals surface area contributed by atoms with Gasteiger partial charge in [0.1, 0.15) is 24.4 Å². The van der Waals surface area contributed by atoms with Gasteiger partial charge in [0.25, 0.3) is 0 Å². The lowest BCUT2D eigenvalue weighted by atomic mass is 9.94. The van der Waals surface area contributed by atoms with Gasteiger partial charge in [0, 0.05) is 19.2 Å². The SMILES string of the molecule is CCCCCCCCC(CCCCCC)C(=O)OCCCCCCN(CCCCCCOC(=O)C(CCCCCC)CCCCCCCC)CCOCC1OC(n2c[n+](CC)c3c2C(C)N=CCC(CC)=C3N)C(O)C1O. The molecule has 3 heterocycles. The van der Waals surface area contributed by atoms with Crippen molar-refractivity contribution in [3.05, 3.63) is 23.3 Å². The number of fused-ring (bicyclic) bond motifs is 1. The summed E-state index contributed by atoms with van der Waals surface area (Å²) in [6.45, 7) is 20.1. The number of esters is 2. The summed E-state index contributed by atoms with van der Waals surface area (Å²) < 4.78 is 28.6. The molecule has 1 aromatic rings. The summed E-state index contributed by atoms with van der Waals surface area (Å²) in [7, 11) is 0. The molecular weight excluding hydrogens is 967 g/mol. The van der Waals surface area contributed by atoms with Crippen molar-refractivity contribution < 1.29 is 43.3 Å². The molecule has 2 aliphatic rings. The van der Waals surface area contributed by atoms with Crippen LogP contribution in [0.5, 0.6) is 0 Å². The number of aliphatic imine (C=N–C) groups is 1. The van der Waals surface area contributed by atoms with E-state index in [1.807, 2.05) is 24.0 Å². The number of aryl methyl sites for hydroxylation is 1. The van der Waals surface area contributed by atoms with Gasteiger partial charge >= 0.3 is 11.9 Å². The molecule has 0 aliphatic carbocycles. The van der Waals surface area contributed by atoms with Crippen LogP contribution in [0.15, 0.2) is 16.9 Å². The Morgan fingerprint density at radius 3 is 1.58 bits per heavy atom. The molecule has 7 atom stereocenters. The second-order valence-corrected chi connectivity index (χ2v) is 23.0. The summed E-state index contributed by atoms with van der Waals surface area (Å²) >= 11 is 0. The van der Waals surface area contributed by atoms with E-state index in [-0.39, 0.29) is 36.4 Å². The van der Waals surface area contributed by atoms with Gasteiger partial charge in [-0.1, -0.05) is 189 Å². The van der Waals surface area contributed by atoms with E-state index >= 15 is 0 Å². The Bertz CT molecular complexity index is 1680. The van der Waals surface area contributed by atoms with Crippen LogP contribution < -0.4 is 10.3 Å². The first kappa shape index (κ1) is 68.4. The van der Waals surface area contributed by atoms with Crippen LogP contribution in [-0.2, 0) is 35.1 Å². The van der Waals surface area contributed by atoms with Crippen molar-refractivity contribution in [3.63, 3.8) is 0 Å². The molecule has 0 aromatic carbocycles. The first-order valence-corrected chi connectivity index (χ1v) is 32.3. The molecule has 2 aliphatic heterocycles. The summed E-state index contributed by atoms with van der Waals surface area (Å²) in [6.07, 6.45) is 37.7. The number of nitrogens with two attached hydrogens (primary N) is 1. The van der Waals surface area contributed by atoms with Crippen LogP contribution in [0.1, 0.15) is 290 Å². The molecule has 0 radical (unpaired) electrons. The zero-order valence-corrected chi connectivity index (χ0v) is 50.6. The predicted octanol–water partition coefficient (Wildman–Crippen LogP) is 14.2. The van der Waals surface area contributed by atoms with Gasteiger partial charge in [0.2, 0.25) is 12.6 Å². The van der Waals surface area contributed by atoms with E-state index in [4.69, 9.17) is 29.7 Å². The average molecular weight is 1090 g/mol. The number of aliphatic hydroxyl groups excluding tert-OH is 2. The van der Waals surface area contributed by atoms with Crippen LogP contribution in [-0.4, -0.2) is 102 Å². The van der Waals surface area contributed by atoms with Gasteiger partial charge < -0.3 is 39.8 Å². The van der Waals surface area contributed by atoms with E-state index < -0.39 is 24.5 Å². The molecule has 4 N–H and O–H groups in total. The third kappa shape index (κ3) is 26.5. The number of aliphatic hydroxyl groups is 2. The Morgan fingerprint density at radius 1 is 0.649 bits per heavy atom. The number of unbranched alkanes of at least 4 members (excludes halogenated alkanes) is 22. The lowest BCUT2D eigenvalue weighted by molar-refractivity contribution is -0.695. The van der Waals surface area contributed by atoms with Crippen LogP contribution in [0, 0.1) is 11.8 Å². The molecule has 0 saturated carbocycles. The third-order valence-corrected chi connectivity index (χ3v) is 16.5. The maximum Gasteiger partial charge on any atom is 0.308 e. The summed E-state index contributed by atoms with van der Waals surface area (Å²) in [5.74, 6) is 0.103. The normalized spacial score (nSPS) is 19.4. The smallest absolute Gasteiger partial charge is 0.308 e. The maximum absolute atomic E-state index is 13.3. The summed E-state index contributed by atoms with van der Waals surface area (Å²) in [4.78, 5) is 33.8. The quantitative estimate of drug-likeness (QED) is 0.0325. The lowest BCUT2D eigenvalue weighted by Gasteiger charge is -2.23. The molecule has 446 valence electrons. The minimum Gasteiger partial charge on any atom is -0.465 e. The van der Waals surface area contributed by atoms with Gasteiger partial charge in [0.05, 0.1) is 50.5 Å². The molecular formula is C64H118N5O8+. The highest BCUT2D eigenvalue weighted by Crippen LogP contribution is 2.36. The van der Waals surface area contributed by atoms with Crippen LogP contribution in [0.2, 0.25) is 0 Å². The number of carbonyl (C=O) groups is 2. The van der Waals surface area contributed by atoms with Crippen molar-refractivity contribution in [2.75, 3.05) is 46.1 Å². The fraction of sp³-hybridized carbons (Fsp3) is 0.875. The van der Waals surface area contributed by atoms with Gasteiger partial charge in [0.15, 0.2) is 11.4 Å². The molecule has 13 heteroatoms. The Morgan fingerprint density at radius 2 is 1.10 bits per heavy atom. The van der Waals surface area contributed by atoms with Crippen LogP contribution >= 0.6 is 0 Å². The molecule has 1 aromatic heterocycles. The topological polar surface area (TPSA) is 162 Å². The van der Waals surface area contributed by atoms with E-state index in [0.29, 0.717) is 32.8 Å². The van der Waals surface area contributed by atoms with Gasteiger partial charge in [-0.3, -0.25) is 14.6 Å². The first-order valence-electron chi connectivity index (χ1n) is 32.3. The van der Waals surface area contributed by atoms with Crippen LogP contribution in [0.4, 0.5) is 0 Å². The average Bonchev–Trinajstić information content (AvgIpc) is 3.97. The van der Waals surface area contributed by atoms with Crippen molar-refractivity contribution >= 4 is 23.9 Å². The number of hydrogen-bond acceptors (Lipinski definition) is 11. The number of rotatable bonds is 48. The minimum atomic E-state index is -1.16. The van der Waals surface area contributed by atoms with E-state index in [1.165, 1.54) is 103 Å². The third-order valence-electron chi connectivity index (χ3n) is 16.5. The Labute approximate surface area is 470 Å². The zero-order chi connectivity index (χ0) is 55.9. The van der Waals surface area contributed by atoms with Crippen LogP contribution in [0.3, 0.4) is 0 Å². The molecule has 1 saturated heterocycles. The van der Waals surface area contributed by atoms with E-state index in [0.717, 1.165) is 151 Å². The molecule has 7 unspecified atom stereocenters. The van der Waals surface area contributed by atoms with Crippen LogP contribution in [0.25, 0.3) is 5.70 Å². The number of aromatic nitrogens is 2. The second kappa shape index (κ2) is 43.0. The standard InChI is InChI=1S/C64H118N5O8/c1-8-14-18-22-24-32-40-54(38-30-20-16-10-3)63(72)75-47-36-28-26-34-44-67(45-35-27-29-37-48-76-64(73)55(39-31-21-17-11-4)41-33-25-23-19-15-9-2)46-49-74-50-56-60(70)61(71)62(77-56)69-51-68(13-6)59-57(65)53(12-5)42-43-66-52(7)58(59)69/h43,51-52,54-56,60-62,70-71H,8-42,44-50,65H2,1-7H3/q+1. The van der Waals surface area contributed by atoms with Crippen molar-refractivity contribution in [2.24, 2.45) is 22.6 Å². The van der Waals surface area contributed by atoms with Gasteiger partial charge in [-0.25, -0.2) is 9.13 Å². The van der Waals surface area contributed by atoms with Crippen molar-refractivity contribution in [3.8, 4) is 0 Å². The number of imidazole rings is 1. The fourth-order valence-corrected chi connectivity index (χ4v) is 11.4. The van der Waals surface area contributed by atoms with Gasteiger partial charge in [-0.05, 0) is 90.3 Å². The minimum absolute atomic E-state index is 0.0157. The Kier molecular flexibility index (Phi) is 38.2. The van der Waals surface area contributed by atoms with E-state index in [1.54, 1.807) is 0 Å². The molecule has 0 spiro atoms. The molecule has 1 fully saturated rings. The van der Waals surface area contributed by atoms with Gasteiger partial charge in [-0.2, -0.15) is 0 Å². The predicted molar refractivity (Wildman–Crippen MR) is 316 cm³/mol. The number of ether oxygens (including phenoxy) is 4. The lowest BCUT2D eigenvalue weighted by Crippen LogP contribution is -2.36. The van der Waals surface area contributed by atoms with Crippen molar-refractivity contribution in [1.82, 2.24) is 9.47 Å². The van der Waals surface area contributed by atoms with Gasteiger partial charge in [-0.15, -0.1) is 0 Å².